The van der Waals surface area contributed by atoms with E-state index in [0.717, 1.165) is 5.92 Å². The van der Waals surface area contributed by atoms with Crippen LogP contribution in [0.3, 0.4) is 0 Å². The Morgan fingerprint density at radius 2 is 2.31 bits per heavy atom. The van der Waals surface area contributed by atoms with E-state index >= 15 is 0 Å². The Labute approximate surface area is 96.3 Å². The summed E-state index contributed by atoms with van der Waals surface area (Å²) in [6.07, 6.45) is 6.22. The van der Waals surface area contributed by atoms with Gasteiger partial charge >= 0.3 is 0 Å². The number of nitrogens with zero attached hydrogens (tertiary/aromatic N) is 1. The van der Waals surface area contributed by atoms with Crippen LogP contribution >= 0.6 is 0 Å². The van der Waals surface area contributed by atoms with Crippen molar-refractivity contribution in [1.82, 2.24) is 4.98 Å². The Morgan fingerprint density at radius 1 is 1.44 bits per heavy atom. The van der Waals surface area contributed by atoms with Gasteiger partial charge in [-0.1, -0.05) is 32.3 Å². The number of halogens is 1. The van der Waals surface area contributed by atoms with Gasteiger partial charge in [0.05, 0.1) is 0 Å². The number of aromatic nitrogens is 1. The van der Waals surface area contributed by atoms with Crippen LogP contribution in [0.1, 0.15) is 39.0 Å². The van der Waals surface area contributed by atoms with Crippen LogP contribution < -0.4 is 5.32 Å². The van der Waals surface area contributed by atoms with Crippen molar-refractivity contribution in [2.24, 2.45) is 5.92 Å². The van der Waals surface area contributed by atoms with Crippen LogP contribution in [0.5, 0.6) is 0 Å². The van der Waals surface area contributed by atoms with Crippen molar-refractivity contribution in [3.05, 3.63) is 24.1 Å². The molecule has 2 rings (SSSR count). The first-order valence-corrected chi connectivity index (χ1v) is 6.17. The molecule has 2 unspecified atom stereocenters. The summed E-state index contributed by atoms with van der Waals surface area (Å²) in [4.78, 5) is 3.84. The first-order chi connectivity index (χ1) is 7.78. The Hall–Kier alpha value is -1.12. The molecule has 0 bridgehead atoms. The number of nitrogens with one attached hydrogen (secondary N) is 1. The molecule has 0 amide bonds. The normalized spacial score (nSPS) is 25.4. The molecule has 2 atom stereocenters. The fourth-order valence-electron chi connectivity index (χ4n) is 2.49. The molecule has 1 N–H and O–H groups in total. The van der Waals surface area contributed by atoms with Gasteiger partial charge in [-0.2, -0.15) is 4.39 Å². The van der Waals surface area contributed by atoms with Crippen LogP contribution in [0.4, 0.5) is 10.2 Å². The summed E-state index contributed by atoms with van der Waals surface area (Å²) in [6, 6.07) is 5.37. The summed E-state index contributed by atoms with van der Waals surface area (Å²) >= 11 is 0. The molecule has 88 valence electrons. The fourth-order valence-corrected chi connectivity index (χ4v) is 2.49. The molecule has 2 nitrogen and oxygen atoms in total. The maximum Gasteiger partial charge on any atom is 0.214 e. The fraction of sp³-hybridized carbons (Fsp3) is 0.615. The van der Waals surface area contributed by atoms with Gasteiger partial charge in [0.1, 0.15) is 5.82 Å². The molecule has 1 aromatic rings. The van der Waals surface area contributed by atoms with Gasteiger partial charge in [-0.3, -0.25) is 0 Å². The number of rotatable bonds is 3. The van der Waals surface area contributed by atoms with Crippen LogP contribution in [0.2, 0.25) is 0 Å². The molecule has 1 aliphatic rings. The second-order valence-electron chi connectivity index (χ2n) is 4.63. The number of hydrogen-bond acceptors (Lipinski definition) is 2. The van der Waals surface area contributed by atoms with Crippen molar-refractivity contribution in [3.8, 4) is 0 Å². The van der Waals surface area contributed by atoms with Gasteiger partial charge in [0.2, 0.25) is 5.95 Å². The summed E-state index contributed by atoms with van der Waals surface area (Å²) in [5.41, 5.74) is 0. The van der Waals surface area contributed by atoms with Crippen molar-refractivity contribution in [2.75, 3.05) is 5.32 Å². The standard InChI is InChI=1S/C13H19FN2/c1-2-10-5-3-6-11(9-10)15-13-8-4-7-12(14)16-13/h4,7-8,10-11H,2-3,5-6,9H2,1H3,(H,15,16). The van der Waals surface area contributed by atoms with Crippen LogP contribution in [0.25, 0.3) is 0 Å². The number of hydrogen-bond donors (Lipinski definition) is 1. The zero-order valence-electron chi connectivity index (χ0n) is 9.75. The first kappa shape index (κ1) is 11.4. The first-order valence-electron chi connectivity index (χ1n) is 6.17. The average molecular weight is 222 g/mol. The molecular weight excluding hydrogens is 203 g/mol. The molecule has 1 aliphatic carbocycles. The van der Waals surface area contributed by atoms with E-state index in [0.29, 0.717) is 11.9 Å². The topological polar surface area (TPSA) is 24.9 Å². The highest BCUT2D eigenvalue weighted by molar-refractivity contribution is 5.34. The summed E-state index contributed by atoms with van der Waals surface area (Å²) in [5.74, 6) is 1.08. The van der Waals surface area contributed by atoms with Crippen molar-refractivity contribution in [2.45, 2.75) is 45.1 Å². The van der Waals surface area contributed by atoms with E-state index < -0.39 is 5.95 Å². The molecule has 0 aliphatic heterocycles. The summed E-state index contributed by atoms with van der Waals surface area (Å²) in [6.45, 7) is 2.24. The predicted octanol–water partition coefficient (Wildman–Crippen LogP) is 3.60. The van der Waals surface area contributed by atoms with Gasteiger partial charge in [-0.05, 0) is 30.9 Å². The van der Waals surface area contributed by atoms with E-state index in [1.807, 2.05) is 6.07 Å². The SMILES string of the molecule is CCC1CCCC(Nc2cccc(F)n2)C1. The average Bonchev–Trinajstić information content (AvgIpc) is 2.29. The molecule has 0 saturated heterocycles. The maximum absolute atomic E-state index is 12.9. The molecule has 1 heterocycles. The molecule has 0 spiro atoms. The van der Waals surface area contributed by atoms with Gasteiger partial charge in [0.15, 0.2) is 0 Å². The smallest absolute Gasteiger partial charge is 0.214 e. The van der Waals surface area contributed by atoms with Crippen LogP contribution in [-0.2, 0) is 0 Å². The van der Waals surface area contributed by atoms with E-state index in [1.165, 1.54) is 38.2 Å². The maximum atomic E-state index is 12.9. The lowest BCUT2D eigenvalue weighted by Crippen LogP contribution is -2.27. The number of anilines is 1. The Kier molecular flexibility index (Phi) is 3.75. The highest BCUT2D eigenvalue weighted by Gasteiger charge is 2.20. The van der Waals surface area contributed by atoms with E-state index in [9.17, 15) is 4.39 Å². The monoisotopic (exact) mass is 222 g/mol. The van der Waals surface area contributed by atoms with E-state index in [4.69, 9.17) is 0 Å². The Morgan fingerprint density at radius 3 is 3.06 bits per heavy atom. The highest BCUT2D eigenvalue weighted by atomic mass is 19.1. The van der Waals surface area contributed by atoms with Gasteiger partial charge in [-0.15, -0.1) is 0 Å². The third-order valence-corrected chi connectivity index (χ3v) is 3.43. The second-order valence-corrected chi connectivity index (χ2v) is 4.63. The van der Waals surface area contributed by atoms with Crippen molar-refractivity contribution in [1.29, 1.82) is 0 Å². The molecule has 1 aromatic heterocycles. The minimum Gasteiger partial charge on any atom is -0.367 e. The minimum absolute atomic E-state index is 0.409. The lowest BCUT2D eigenvalue weighted by Gasteiger charge is -2.29. The molecule has 1 saturated carbocycles. The Balaban J connectivity index is 1.94. The summed E-state index contributed by atoms with van der Waals surface area (Å²) < 4.78 is 12.9. The van der Waals surface area contributed by atoms with Crippen LogP contribution in [-0.4, -0.2) is 11.0 Å². The molecule has 1 fully saturated rings. The molecule has 3 heteroatoms. The molecular formula is C13H19FN2. The van der Waals surface area contributed by atoms with Crippen LogP contribution in [0.15, 0.2) is 18.2 Å². The minimum atomic E-state index is -0.409. The third kappa shape index (κ3) is 2.94. The Bertz CT molecular complexity index is 340. The summed E-state index contributed by atoms with van der Waals surface area (Å²) in [7, 11) is 0. The second kappa shape index (κ2) is 5.28. The van der Waals surface area contributed by atoms with Crippen molar-refractivity contribution in [3.63, 3.8) is 0 Å². The number of pyridine rings is 1. The van der Waals surface area contributed by atoms with E-state index in [2.05, 4.69) is 17.2 Å². The lowest BCUT2D eigenvalue weighted by molar-refractivity contribution is 0.327. The van der Waals surface area contributed by atoms with E-state index in [1.54, 1.807) is 6.07 Å². The van der Waals surface area contributed by atoms with Gasteiger partial charge < -0.3 is 5.32 Å². The highest BCUT2D eigenvalue weighted by Crippen LogP contribution is 2.28. The summed E-state index contributed by atoms with van der Waals surface area (Å²) in [5, 5.41) is 3.33. The molecule has 16 heavy (non-hydrogen) atoms. The lowest BCUT2D eigenvalue weighted by atomic mass is 9.84. The van der Waals surface area contributed by atoms with Crippen molar-refractivity contribution >= 4 is 5.82 Å². The van der Waals surface area contributed by atoms with Crippen molar-refractivity contribution < 1.29 is 4.39 Å². The zero-order valence-corrected chi connectivity index (χ0v) is 9.75. The molecule has 0 aromatic carbocycles. The third-order valence-electron chi connectivity index (χ3n) is 3.43. The van der Waals surface area contributed by atoms with Gasteiger partial charge in [-0.25, -0.2) is 4.98 Å². The quantitative estimate of drug-likeness (QED) is 0.790. The largest absolute Gasteiger partial charge is 0.367 e. The van der Waals surface area contributed by atoms with E-state index in [-0.39, 0.29) is 0 Å². The van der Waals surface area contributed by atoms with Crippen LogP contribution in [0, 0.1) is 11.9 Å². The predicted molar refractivity (Wildman–Crippen MR) is 63.9 cm³/mol. The zero-order chi connectivity index (χ0) is 11.4. The molecule has 0 radical (unpaired) electrons. The van der Waals surface area contributed by atoms with Gasteiger partial charge in [0.25, 0.3) is 0 Å². The van der Waals surface area contributed by atoms with Gasteiger partial charge in [0, 0.05) is 6.04 Å².